The summed E-state index contributed by atoms with van der Waals surface area (Å²) in [6.45, 7) is 6.82. The highest BCUT2D eigenvalue weighted by atomic mass is 79.9. The van der Waals surface area contributed by atoms with Crippen LogP contribution >= 0.6 is 15.9 Å². The maximum Gasteiger partial charge on any atom is 0.137 e. The topological polar surface area (TPSA) is 6.48 Å². The second kappa shape index (κ2) is 5.51. The Morgan fingerprint density at radius 1 is 1.32 bits per heavy atom. The number of rotatable bonds is 2. The lowest BCUT2D eigenvalue weighted by molar-refractivity contribution is 0.0470. The second-order valence-corrected chi connectivity index (χ2v) is 6.56. The highest BCUT2D eigenvalue weighted by Gasteiger charge is 2.36. The predicted octanol–water partition coefficient (Wildman–Crippen LogP) is 3.26. The van der Waals surface area contributed by atoms with E-state index in [1.54, 1.807) is 6.07 Å². The first kappa shape index (κ1) is 13.5. The number of nitrogens with zero attached hydrogens (tertiary/aromatic N) is 2. The number of benzene rings is 1. The molecule has 3 rings (SSSR count). The van der Waals surface area contributed by atoms with Gasteiger partial charge in [0.2, 0.25) is 0 Å². The van der Waals surface area contributed by atoms with Crippen molar-refractivity contribution in [2.45, 2.75) is 38.4 Å². The lowest BCUT2D eigenvalue weighted by Gasteiger charge is -2.43. The molecule has 0 amide bonds. The van der Waals surface area contributed by atoms with Crippen molar-refractivity contribution in [1.29, 1.82) is 0 Å². The Balaban J connectivity index is 1.70. The number of halogens is 2. The van der Waals surface area contributed by atoms with E-state index in [1.807, 2.05) is 12.1 Å². The fraction of sp³-hybridized carbons (Fsp3) is 0.600. The van der Waals surface area contributed by atoms with Crippen LogP contribution in [-0.2, 0) is 6.54 Å². The van der Waals surface area contributed by atoms with Gasteiger partial charge in [-0.05, 0) is 59.9 Å². The summed E-state index contributed by atoms with van der Waals surface area (Å²) >= 11 is 3.27. The van der Waals surface area contributed by atoms with Crippen LogP contribution in [0.15, 0.2) is 22.7 Å². The van der Waals surface area contributed by atoms with Gasteiger partial charge in [-0.15, -0.1) is 0 Å². The Hall–Kier alpha value is -0.450. The lowest BCUT2D eigenvalue weighted by atomic mass is 10.0. The van der Waals surface area contributed by atoms with Crippen LogP contribution < -0.4 is 0 Å². The molecular formula is C15H20BrFN2. The van der Waals surface area contributed by atoms with Crippen LogP contribution in [0.2, 0.25) is 0 Å². The van der Waals surface area contributed by atoms with Gasteiger partial charge in [-0.3, -0.25) is 9.80 Å². The molecule has 0 unspecified atom stereocenters. The van der Waals surface area contributed by atoms with Crippen molar-refractivity contribution in [3.63, 3.8) is 0 Å². The summed E-state index contributed by atoms with van der Waals surface area (Å²) in [6, 6.07) is 6.67. The van der Waals surface area contributed by atoms with Gasteiger partial charge in [0, 0.05) is 31.7 Å². The van der Waals surface area contributed by atoms with E-state index in [4.69, 9.17) is 0 Å². The first-order valence-electron chi connectivity index (χ1n) is 7.07. The first-order chi connectivity index (χ1) is 9.15. The molecule has 0 aliphatic carbocycles. The van der Waals surface area contributed by atoms with Gasteiger partial charge < -0.3 is 0 Å². The molecule has 2 aliphatic rings. The normalized spacial score (nSPS) is 28.6. The van der Waals surface area contributed by atoms with Gasteiger partial charge in [0.25, 0.3) is 0 Å². The zero-order valence-corrected chi connectivity index (χ0v) is 12.9. The molecule has 104 valence electrons. The van der Waals surface area contributed by atoms with Crippen molar-refractivity contribution in [3.05, 3.63) is 34.1 Å². The largest absolute Gasteiger partial charge is 0.298 e. The highest BCUT2D eigenvalue weighted by Crippen LogP contribution is 2.28. The minimum absolute atomic E-state index is 0.183. The Morgan fingerprint density at radius 3 is 2.95 bits per heavy atom. The van der Waals surface area contributed by atoms with Gasteiger partial charge in [0.15, 0.2) is 0 Å². The van der Waals surface area contributed by atoms with Crippen LogP contribution in [0.1, 0.15) is 25.3 Å². The second-order valence-electron chi connectivity index (χ2n) is 5.71. The standard InChI is InChI=1S/C15H20BrFN2/c1-11-15-3-2-6-18(15)7-8-19(11)10-12-4-5-14(17)13(16)9-12/h4-5,9,11,15H,2-3,6-8,10H2,1H3/t11-,15+/m0/s1. The van der Waals surface area contributed by atoms with Crippen molar-refractivity contribution in [3.8, 4) is 0 Å². The summed E-state index contributed by atoms with van der Waals surface area (Å²) in [4.78, 5) is 5.16. The Morgan fingerprint density at radius 2 is 2.16 bits per heavy atom. The molecular weight excluding hydrogens is 307 g/mol. The van der Waals surface area contributed by atoms with Crippen molar-refractivity contribution < 1.29 is 4.39 Å². The minimum Gasteiger partial charge on any atom is -0.298 e. The van der Waals surface area contributed by atoms with Crippen molar-refractivity contribution in [1.82, 2.24) is 9.80 Å². The number of fused-ring (bicyclic) bond motifs is 1. The molecule has 19 heavy (non-hydrogen) atoms. The fourth-order valence-electron chi connectivity index (χ4n) is 3.48. The third-order valence-electron chi connectivity index (χ3n) is 4.59. The molecule has 0 bridgehead atoms. The number of piperazine rings is 1. The van der Waals surface area contributed by atoms with E-state index in [0.717, 1.165) is 19.1 Å². The summed E-state index contributed by atoms with van der Waals surface area (Å²) in [5.74, 6) is -0.183. The molecule has 2 atom stereocenters. The summed E-state index contributed by atoms with van der Waals surface area (Å²) in [5.41, 5.74) is 1.19. The highest BCUT2D eigenvalue weighted by molar-refractivity contribution is 9.10. The molecule has 2 nitrogen and oxygen atoms in total. The molecule has 1 aromatic carbocycles. The molecule has 2 fully saturated rings. The lowest BCUT2D eigenvalue weighted by Crippen LogP contribution is -2.55. The quantitative estimate of drug-likeness (QED) is 0.823. The minimum atomic E-state index is -0.183. The van der Waals surface area contributed by atoms with E-state index in [2.05, 4.69) is 32.7 Å². The molecule has 0 spiro atoms. The van der Waals surface area contributed by atoms with Gasteiger partial charge in [-0.1, -0.05) is 6.07 Å². The maximum absolute atomic E-state index is 13.3. The van der Waals surface area contributed by atoms with Crippen LogP contribution in [0.25, 0.3) is 0 Å². The van der Waals surface area contributed by atoms with Crippen LogP contribution in [0, 0.1) is 5.82 Å². The van der Waals surface area contributed by atoms with E-state index < -0.39 is 0 Å². The van der Waals surface area contributed by atoms with E-state index in [1.165, 1.54) is 31.5 Å². The maximum atomic E-state index is 13.3. The van der Waals surface area contributed by atoms with Gasteiger partial charge in [0.05, 0.1) is 4.47 Å². The summed E-state index contributed by atoms with van der Waals surface area (Å²) in [5, 5.41) is 0. The SMILES string of the molecule is C[C@H]1[C@H]2CCCN2CCN1Cc1ccc(F)c(Br)c1. The van der Waals surface area contributed by atoms with Crippen molar-refractivity contribution >= 4 is 15.9 Å². The van der Waals surface area contributed by atoms with E-state index >= 15 is 0 Å². The molecule has 1 aromatic rings. The smallest absolute Gasteiger partial charge is 0.137 e. The number of hydrogen-bond donors (Lipinski definition) is 0. The Kier molecular flexibility index (Phi) is 3.92. The van der Waals surface area contributed by atoms with Crippen molar-refractivity contribution in [2.75, 3.05) is 19.6 Å². The third kappa shape index (κ3) is 2.71. The third-order valence-corrected chi connectivity index (χ3v) is 5.20. The van der Waals surface area contributed by atoms with E-state index in [0.29, 0.717) is 10.5 Å². The van der Waals surface area contributed by atoms with Gasteiger partial charge in [-0.25, -0.2) is 4.39 Å². The molecule has 0 saturated carbocycles. The predicted molar refractivity (Wildman–Crippen MR) is 78.6 cm³/mol. The molecule has 4 heteroatoms. The van der Waals surface area contributed by atoms with Gasteiger partial charge in [0.1, 0.15) is 5.82 Å². The molecule has 2 aliphatic heterocycles. The monoisotopic (exact) mass is 326 g/mol. The molecule has 2 saturated heterocycles. The summed E-state index contributed by atoms with van der Waals surface area (Å²) in [7, 11) is 0. The van der Waals surface area contributed by atoms with Gasteiger partial charge >= 0.3 is 0 Å². The Bertz CT molecular complexity index is 465. The van der Waals surface area contributed by atoms with Crippen LogP contribution in [-0.4, -0.2) is 41.5 Å². The van der Waals surface area contributed by atoms with Gasteiger partial charge in [-0.2, -0.15) is 0 Å². The first-order valence-corrected chi connectivity index (χ1v) is 7.86. The Labute approximate surface area is 122 Å². The zero-order valence-electron chi connectivity index (χ0n) is 11.3. The average molecular weight is 327 g/mol. The van der Waals surface area contributed by atoms with Crippen LogP contribution in [0.3, 0.4) is 0 Å². The van der Waals surface area contributed by atoms with E-state index in [9.17, 15) is 4.39 Å². The van der Waals surface area contributed by atoms with Crippen LogP contribution in [0.4, 0.5) is 4.39 Å². The zero-order chi connectivity index (χ0) is 13.4. The average Bonchev–Trinajstić information content (AvgIpc) is 2.86. The molecule has 0 aromatic heterocycles. The number of hydrogen-bond acceptors (Lipinski definition) is 2. The summed E-state index contributed by atoms with van der Waals surface area (Å²) < 4.78 is 13.8. The summed E-state index contributed by atoms with van der Waals surface area (Å²) in [6.07, 6.45) is 2.66. The molecule has 0 N–H and O–H groups in total. The van der Waals surface area contributed by atoms with E-state index in [-0.39, 0.29) is 5.82 Å². The van der Waals surface area contributed by atoms with Crippen LogP contribution in [0.5, 0.6) is 0 Å². The molecule has 2 heterocycles. The fourth-order valence-corrected chi connectivity index (χ4v) is 3.90. The molecule has 0 radical (unpaired) electrons. The van der Waals surface area contributed by atoms with Crippen molar-refractivity contribution in [2.24, 2.45) is 0 Å².